The Kier molecular flexibility index (Phi) is 3.73. The topological polar surface area (TPSA) is 64.5 Å². The third-order valence-corrected chi connectivity index (χ3v) is 3.65. The zero-order chi connectivity index (χ0) is 16.2. The molecular formula is C19H13N5. The fraction of sp³-hybridized carbons (Fsp3) is 0. The van der Waals surface area contributed by atoms with E-state index in [0.29, 0.717) is 5.82 Å². The molecule has 0 radical (unpaired) electrons. The highest BCUT2D eigenvalue weighted by Gasteiger charge is 2.12. The van der Waals surface area contributed by atoms with Crippen LogP contribution in [0.3, 0.4) is 0 Å². The minimum atomic E-state index is 0.661. The van der Waals surface area contributed by atoms with Gasteiger partial charge < -0.3 is 0 Å². The number of hydrogen-bond acceptors (Lipinski definition) is 5. The van der Waals surface area contributed by atoms with E-state index in [1.807, 2.05) is 48.8 Å². The van der Waals surface area contributed by atoms with Crippen molar-refractivity contribution >= 4 is 0 Å². The van der Waals surface area contributed by atoms with E-state index in [9.17, 15) is 0 Å². The summed E-state index contributed by atoms with van der Waals surface area (Å²) in [6.07, 6.45) is 12.4. The Morgan fingerprint density at radius 2 is 1.29 bits per heavy atom. The van der Waals surface area contributed by atoms with Crippen LogP contribution in [0.1, 0.15) is 0 Å². The second kappa shape index (κ2) is 6.34. The number of nitrogens with zero attached hydrogens (tertiary/aromatic N) is 5. The summed E-state index contributed by atoms with van der Waals surface area (Å²) in [6.45, 7) is 0. The van der Waals surface area contributed by atoms with Gasteiger partial charge in [0.05, 0.1) is 5.69 Å². The number of pyridine rings is 3. The average Bonchev–Trinajstić information content (AvgIpc) is 2.69. The lowest BCUT2D eigenvalue weighted by molar-refractivity contribution is 1.17. The van der Waals surface area contributed by atoms with Crippen LogP contribution in [0.25, 0.3) is 33.8 Å². The maximum Gasteiger partial charge on any atom is 0.159 e. The molecule has 0 aliphatic heterocycles. The second-order valence-electron chi connectivity index (χ2n) is 5.17. The zero-order valence-electron chi connectivity index (χ0n) is 12.7. The molecule has 4 heterocycles. The first-order valence-electron chi connectivity index (χ1n) is 7.50. The van der Waals surface area contributed by atoms with Gasteiger partial charge in [-0.25, -0.2) is 9.97 Å². The lowest BCUT2D eigenvalue weighted by Crippen LogP contribution is -1.96. The fourth-order valence-electron chi connectivity index (χ4n) is 2.49. The standard InChI is InChI=1S/C19H13N5/c1-2-16(12-22-7-1)18-17(14-3-8-20-9-4-14)13-23-19(24-18)15-5-10-21-11-6-15/h1-13H. The van der Waals surface area contributed by atoms with Crippen molar-refractivity contribution in [2.75, 3.05) is 0 Å². The molecule has 0 saturated heterocycles. The van der Waals surface area contributed by atoms with E-state index in [0.717, 1.165) is 27.9 Å². The normalized spacial score (nSPS) is 10.5. The number of hydrogen-bond donors (Lipinski definition) is 0. The Labute approximate surface area is 139 Å². The van der Waals surface area contributed by atoms with Crippen molar-refractivity contribution in [2.45, 2.75) is 0 Å². The number of aromatic nitrogens is 5. The molecule has 24 heavy (non-hydrogen) atoms. The van der Waals surface area contributed by atoms with E-state index in [4.69, 9.17) is 4.98 Å². The molecule has 0 amide bonds. The van der Waals surface area contributed by atoms with E-state index >= 15 is 0 Å². The third kappa shape index (κ3) is 2.75. The van der Waals surface area contributed by atoms with Crippen molar-refractivity contribution in [2.24, 2.45) is 0 Å². The minimum absolute atomic E-state index is 0.661. The van der Waals surface area contributed by atoms with Gasteiger partial charge >= 0.3 is 0 Å². The highest BCUT2D eigenvalue weighted by atomic mass is 14.9. The molecule has 0 bridgehead atoms. The van der Waals surface area contributed by atoms with Gasteiger partial charge in [0.2, 0.25) is 0 Å². The van der Waals surface area contributed by atoms with E-state index in [1.165, 1.54) is 0 Å². The van der Waals surface area contributed by atoms with Crippen LogP contribution in [-0.2, 0) is 0 Å². The summed E-state index contributed by atoms with van der Waals surface area (Å²) >= 11 is 0. The predicted molar refractivity (Wildman–Crippen MR) is 91.7 cm³/mol. The molecule has 0 fully saturated rings. The first-order valence-corrected chi connectivity index (χ1v) is 7.50. The monoisotopic (exact) mass is 311 g/mol. The zero-order valence-corrected chi connectivity index (χ0v) is 12.7. The summed E-state index contributed by atoms with van der Waals surface area (Å²) in [4.78, 5) is 21.7. The predicted octanol–water partition coefficient (Wildman–Crippen LogP) is 3.66. The molecule has 0 atom stereocenters. The SMILES string of the molecule is c1cncc(-c2nc(-c3ccncc3)ncc2-c2ccncc2)c1. The third-order valence-electron chi connectivity index (χ3n) is 3.65. The van der Waals surface area contributed by atoms with Crippen molar-refractivity contribution < 1.29 is 0 Å². The van der Waals surface area contributed by atoms with Crippen molar-refractivity contribution in [3.8, 4) is 33.8 Å². The summed E-state index contributed by atoms with van der Waals surface area (Å²) in [5.41, 5.74) is 4.68. The lowest BCUT2D eigenvalue weighted by atomic mass is 10.0. The molecule has 0 aliphatic rings. The maximum absolute atomic E-state index is 4.79. The van der Waals surface area contributed by atoms with Crippen LogP contribution in [0.2, 0.25) is 0 Å². The maximum atomic E-state index is 4.79. The Morgan fingerprint density at radius 1 is 0.583 bits per heavy atom. The molecule has 4 aromatic heterocycles. The highest BCUT2D eigenvalue weighted by Crippen LogP contribution is 2.30. The van der Waals surface area contributed by atoms with Crippen LogP contribution in [0.5, 0.6) is 0 Å². The van der Waals surface area contributed by atoms with E-state index in [1.54, 1.807) is 31.0 Å². The Balaban J connectivity index is 1.92. The van der Waals surface area contributed by atoms with Crippen LogP contribution in [-0.4, -0.2) is 24.9 Å². The van der Waals surface area contributed by atoms with Gasteiger partial charge in [-0.1, -0.05) is 0 Å². The van der Waals surface area contributed by atoms with Crippen molar-refractivity contribution in [3.63, 3.8) is 0 Å². The van der Waals surface area contributed by atoms with Crippen LogP contribution in [0.15, 0.2) is 79.8 Å². The van der Waals surface area contributed by atoms with Gasteiger partial charge in [-0.05, 0) is 42.0 Å². The summed E-state index contributed by atoms with van der Waals surface area (Å²) in [5, 5.41) is 0. The van der Waals surface area contributed by atoms with Gasteiger partial charge in [0.25, 0.3) is 0 Å². The fourth-order valence-corrected chi connectivity index (χ4v) is 2.49. The largest absolute Gasteiger partial charge is 0.265 e. The molecular weight excluding hydrogens is 298 g/mol. The molecule has 0 aliphatic carbocycles. The summed E-state index contributed by atoms with van der Waals surface area (Å²) in [6, 6.07) is 11.6. The van der Waals surface area contributed by atoms with Crippen molar-refractivity contribution in [1.29, 1.82) is 0 Å². The first-order chi connectivity index (χ1) is 11.9. The molecule has 0 saturated carbocycles. The van der Waals surface area contributed by atoms with Crippen LogP contribution >= 0.6 is 0 Å². The Morgan fingerprint density at radius 3 is 1.96 bits per heavy atom. The van der Waals surface area contributed by atoms with Crippen LogP contribution in [0, 0.1) is 0 Å². The molecule has 0 aromatic carbocycles. The van der Waals surface area contributed by atoms with Crippen LogP contribution in [0.4, 0.5) is 0 Å². The number of rotatable bonds is 3. The molecule has 0 unspecified atom stereocenters. The van der Waals surface area contributed by atoms with Gasteiger partial charge in [0.15, 0.2) is 5.82 Å². The molecule has 0 N–H and O–H groups in total. The highest BCUT2D eigenvalue weighted by molar-refractivity contribution is 5.80. The minimum Gasteiger partial charge on any atom is -0.265 e. The van der Waals surface area contributed by atoms with Crippen molar-refractivity contribution in [3.05, 3.63) is 79.8 Å². The van der Waals surface area contributed by atoms with Crippen LogP contribution < -0.4 is 0 Å². The van der Waals surface area contributed by atoms with Gasteiger partial charge in [-0.3, -0.25) is 15.0 Å². The first kappa shape index (κ1) is 14.1. The van der Waals surface area contributed by atoms with E-state index in [-0.39, 0.29) is 0 Å². The van der Waals surface area contributed by atoms with Gasteiger partial charge in [0.1, 0.15) is 0 Å². The quantitative estimate of drug-likeness (QED) is 0.577. The van der Waals surface area contributed by atoms with Crippen molar-refractivity contribution in [1.82, 2.24) is 24.9 Å². The molecule has 5 heteroatoms. The molecule has 5 nitrogen and oxygen atoms in total. The molecule has 0 spiro atoms. The van der Waals surface area contributed by atoms with Gasteiger partial charge in [0, 0.05) is 60.1 Å². The van der Waals surface area contributed by atoms with E-state index in [2.05, 4.69) is 19.9 Å². The van der Waals surface area contributed by atoms with E-state index < -0.39 is 0 Å². The average molecular weight is 311 g/mol. The Hall–Kier alpha value is -3.47. The molecule has 4 rings (SSSR count). The van der Waals surface area contributed by atoms with Gasteiger partial charge in [-0.2, -0.15) is 0 Å². The lowest BCUT2D eigenvalue weighted by Gasteiger charge is -2.10. The summed E-state index contributed by atoms with van der Waals surface area (Å²) in [5.74, 6) is 0.661. The smallest absolute Gasteiger partial charge is 0.159 e. The summed E-state index contributed by atoms with van der Waals surface area (Å²) in [7, 11) is 0. The second-order valence-corrected chi connectivity index (χ2v) is 5.17. The summed E-state index contributed by atoms with van der Waals surface area (Å²) < 4.78 is 0. The molecule has 114 valence electrons. The Bertz CT molecular complexity index is 941. The van der Waals surface area contributed by atoms with Gasteiger partial charge in [-0.15, -0.1) is 0 Å². The molecule has 4 aromatic rings.